The molecular weight excluding hydrogens is 378 g/mol. The number of rotatable bonds is 4. The van der Waals surface area contributed by atoms with Crippen molar-refractivity contribution in [1.82, 2.24) is 19.9 Å². The van der Waals surface area contributed by atoms with Gasteiger partial charge in [-0.25, -0.2) is 15.0 Å². The molecule has 2 aromatic carbocycles. The van der Waals surface area contributed by atoms with Gasteiger partial charge in [0.15, 0.2) is 11.6 Å². The van der Waals surface area contributed by atoms with Crippen molar-refractivity contribution in [3.05, 3.63) is 65.2 Å². The molecule has 0 unspecified atom stereocenters. The monoisotopic (exact) mass is 397 g/mol. The number of nitrogens with one attached hydrogen (secondary N) is 4. The number of allylic oxidation sites excluding steroid dienone is 1. The highest BCUT2D eigenvalue weighted by molar-refractivity contribution is 6.04. The van der Waals surface area contributed by atoms with Crippen LogP contribution in [0, 0.1) is 10.8 Å². The van der Waals surface area contributed by atoms with Crippen LogP contribution in [0.2, 0.25) is 0 Å². The summed E-state index contributed by atoms with van der Waals surface area (Å²) in [7, 11) is 0. The second kappa shape index (κ2) is 6.66. The number of nitrogens with zero attached hydrogens (tertiary/aromatic N) is 3. The van der Waals surface area contributed by atoms with Gasteiger partial charge in [-0.05, 0) is 49.2 Å². The molecule has 8 N–H and O–H groups in total. The highest BCUT2D eigenvalue weighted by Crippen LogP contribution is 2.25. The van der Waals surface area contributed by atoms with Crippen LogP contribution < -0.4 is 11.5 Å². The fourth-order valence-electron chi connectivity index (χ4n) is 3.53. The van der Waals surface area contributed by atoms with E-state index < -0.39 is 0 Å². The van der Waals surface area contributed by atoms with E-state index >= 15 is 0 Å². The minimum Gasteiger partial charge on any atom is -0.384 e. The Labute approximate surface area is 171 Å². The molecule has 0 aliphatic carbocycles. The van der Waals surface area contributed by atoms with Crippen LogP contribution in [0.15, 0.2) is 47.5 Å². The maximum absolute atomic E-state index is 7.60. The van der Waals surface area contributed by atoms with Gasteiger partial charge in [-0.1, -0.05) is 6.08 Å². The van der Waals surface area contributed by atoms with Gasteiger partial charge >= 0.3 is 0 Å². The molecule has 0 atom stereocenters. The predicted octanol–water partition coefficient (Wildman–Crippen LogP) is 2.63. The van der Waals surface area contributed by atoms with E-state index in [1.807, 2.05) is 30.3 Å². The number of imidazole rings is 2. The van der Waals surface area contributed by atoms with Crippen molar-refractivity contribution in [3.63, 3.8) is 0 Å². The third-order valence-electron chi connectivity index (χ3n) is 5.08. The number of nitrogens with two attached hydrogens (primary N) is 2. The summed E-state index contributed by atoms with van der Waals surface area (Å²) in [5.41, 5.74) is 17.3. The largest absolute Gasteiger partial charge is 0.384 e. The minimum absolute atomic E-state index is 0.0167. The molecule has 0 bridgehead atoms. The molecule has 3 heterocycles. The number of aromatic nitrogens is 4. The Morgan fingerprint density at radius 3 is 2.00 bits per heavy atom. The lowest BCUT2D eigenvalue weighted by Gasteiger charge is -2.09. The van der Waals surface area contributed by atoms with Crippen molar-refractivity contribution in [2.24, 2.45) is 16.5 Å². The summed E-state index contributed by atoms with van der Waals surface area (Å²) in [6, 6.07) is 10.9. The van der Waals surface area contributed by atoms with E-state index in [9.17, 15) is 0 Å². The SMILES string of the molecule is N=C(N)c1ccc2nc(C3=CCCC(c4nc5ccc(C(=N)N)cc5[nH]4)=N3)[nH]c2c1. The molecule has 0 saturated carbocycles. The minimum atomic E-state index is 0.0167. The maximum atomic E-state index is 7.60. The second-order valence-electron chi connectivity index (χ2n) is 7.15. The van der Waals surface area contributed by atoms with Crippen molar-refractivity contribution in [2.45, 2.75) is 12.8 Å². The van der Waals surface area contributed by atoms with Gasteiger partial charge in [-0.15, -0.1) is 0 Å². The predicted molar refractivity (Wildman–Crippen MR) is 118 cm³/mol. The lowest BCUT2D eigenvalue weighted by Crippen LogP contribution is -2.10. The van der Waals surface area contributed by atoms with Gasteiger partial charge in [0.25, 0.3) is 0 Å². The van der Waals surface area contributed by atoms with Crippen molar-refractivity contribution < 1.29 is 0 Å². The van der Waals surface area contributed by atoms with Crippen LogP contribution in [-0.4, -0.2) is 37.3 Å². The molecule has 1 aliphatic heterocycles. The Hall–Kier alpha value is -4.27. The zero-order chi connectivity index (χ0) is 20.8. The number of aliphatic imine (C=N–C) groups is 1. The summed E-state index contributed by atoms with van der Waals surface area (Å²) in [5.74, 6) is 1.40. The third-order valence-corrected chi connectivity index (χ3v) is 5.08. The van der Waals surface area contributed by atoms with Crippen molar-refractivity contribution in [2.75, 3.05) is 0 Å². The zero-order valence-corrected chi connectivity index (χ0v) is 16.0. The van der Waals surface area contributed by atoms with Crippen molar-refractivity contribution in [3.8, 4) is 0 Å². The van der Waals surface area contributed by atoms with Gasteiger partial charge in [0.1, 0.15) is 17.4 Å². The lowest BCUT2D eigenvalue weighted by atomic mass is 10.1. The van der Waals surface area contributed by atoms with Gasteiger partial charge in [0, 0.05) is 11.1 Å². The number of amidine groups is 2. The zero-order valence-electron chi connectivity index (χ0n) is 16.0. The number of nitrogen functional groups attached to an aromatic ring is 2. The average Bonchev–Trinajstić information content (AvgIpc) is 3.36. The fourth-order valence-corrected chi connectivity index (χ4v) is 3.53. The number of H-pyrrole nitrogens is 2. The molecule has 0 fully saturated rings. The first kappa shape index (κ1) is 17.8. The highest BCUT2D eigenvalue weighted by Gasteiger charge is 2.17. The van der Waals surface area contributed by atoms with Gasteiger partial charge in [0.05, 0.1) is 27.8 Å². The number of aromatic amines is 2. The molecule has 0 saturated heterocycles. The average molecular weight is 397 g/mol. The third kappa shape index (κ3) is 3.02. The molecule has 9 nitrogen and oxygen atoms in total. The lowest BCUT2D eigenvalue weighted by molar-refractivity contribution is 1.04. The van der Waals surface area contributed by atoms with E-state index in [1.165, 1.54) is 0 Å². The van der Waals surface area contributed by atoms with E-state index in [1.54, 1.807) is 12.1 Å². The molecule has 4 aromatic rings. The summed E-state index contributed by atoms with van der Waals surface area (Å²) in [6.45, 7) is 0. The Kier molecular flexibility index (Phi) is 3.95. The number of benzene rings is 2. The van der Waals surface area contributed by atoms with Crippen LogP contribution in [0.25, 0.3) is 27.8 Å². The van der Waals surface area contributed by atoms with E-state index in [2.05, 4.69) is 19.9 Å². The molecule has 2 aromatic heterocycles. The molecular formula is C21H19N9. The van der Waals surface area contributed by atoms with Gasteiger partial charge in [0.2, 0.25) is 0 Å². The normalized spacial score (nSPS) is 14.0. The van der Waals surface area contributed by atoms with Gasteiger partial charge in [-0.2, -0.15) is 0 Å². The molecule has 1 aliphatic rings. The van der Waals surface area contributed by atoms with Crippen LogP contribution in [0.3, 0.4) is 0 Å². The Balaban J connectivity index is 1.51. The van der Waals surface area contributed by atoms with E-state index in [0.29, 0.717) is 22.8 Å². The van der Waals surface area contributed by atoms with Crippen LogP contribution in [0.4, 0.5) is 0 Å². The first-order valence-corrected chi connectivity index (χ1v) is 9.45. The molecule has 5 rings (SSSR count). The first-order chi connectivity index (χ1) is 14.5. The molecule has 30 heavy (non-hydrogen) atoms. The highest BCUT2D eigenvalue weighted by atomic mass is 15.0. The Morgan fingerprint density at radius 1 is 0.833 bits per heavy atom. The molecule has 9 heteroatoms. The molecule has 0 spiro atoms. The molecule has 0 amide bonds. The Morgan fingerprint density at radius 2 is 1.40 bits per heavy atom. The number of hydrogen-bond donors (Lipinski definition) is 6. The summed E-state index contributed by atoms with van der Waals surface area (Å²) in [6.07, 6.45) is 3.63. The van der Waals surface area contributed by atoms with Crippen LogP contribution in [0.5, 0.6) is 0 Å². The maximum Gasteiger partial charge on any atom is 0.156 e. The topological polar surface area (TPSA) is 169 Å². The van der Waals surface area contributed by atoms with Gasteiger partial charge < -0.3 is 21.4 Å². The standard InChI is InChI=1S/C21H19N9/c22-18(23)10-4-6-12-16(8-10)29-20(27-12)14-2-1-3-15(26-14)21-28-13-7-5-11(19(24)25)9-17(13)30-21/h2,4-9H,1,3H2,(H3,22,23)(H3,24,25)(H,27,29)(H,28,30). The van der Waals surface area contributed by atoms with E-state index in [0.717, 1.165) is 46.3 Å². The fraction of sp³-hybridized carbons (Fsp3) is 0.0952. The summed E-state index contributed by atoms with van der Waals surface area (Å²) in [5, 5.41) is 15.2. The van der Waals surface area contributed by atoms with E-state index in [-0.39, 0.29) is 11.7 Å². The summed E-state index contributed by atoms with van der Waals surface area (Å²) < 4.78 is 0. The van der Waals surface area contributed by atoms with Crippen LogP contribution >= 0.6 is 0 Å². The van der Waals surface area contributed by atoms with E-state index in [4.69, 9.17) is 27.3 Å². The summed E-state index contributed by atoms with van der Waals surface area (Å²) >= 11 is 0. The van der Waals surface area contributed by atoms with Crippen LogP contribution in [0.1, 0.15) is 35.6 Å². The quantitative estimate of drug-likeness (QED) is 0.230. The Bertz CT molecular complexity index is 1400. The van der Waals surface area contributed by atoms with Crippen molar-refractivity contribution >= 4 is 45.1 Å². The van der Waals surface area contributed by atoms with Crippen molar-refractivity contribution in [1.29, 1.82) is 10.8 Å². The number of fused-ring (bicyclic) bond motifs is 2. The summed E-state index contributed by atoms with van der Waals surface area (Å²) in [4.78, 5) is 20.6. The van der Waals surface area contributed by atoms with Gasteiger partial charge in [-0.3, -0.25) is 10.8 Å². The second-order valence-corrected chi connectivity index (χ2v) is 7.15. The number of hydrogen-bond acceptors (Lipinski definition) is 5. The molecule has 0 radical (unpaired) electrons. The smallest absolute Gasteiger partial charge is 0.156 e. The van der Waals surface area contributed by atoms with Crippen LogP contribution in [-0.2, 0) is 0 Å². The first-order valence-electron chi connectivity index (χ1n) is 9.45. The molecule has 148 valence electrons.